The van der Waals surface area contributed by atoms with Gasteiger partial charge in [-0.25, -0.2) is 0 Å². The molecule has 1 aromatic heterocycles. The third-order valence-electron chi connectivity index (χ3n) is 4.32. The van der Waals surface area contributed by atoms with Crippen LogP contribution in [-0.4, -0.2) is 40.4 Å². The Balaban J connectivity index is 1.90. The maximum atomic E-state index is 4.82. The highest BCUT2D eigenvalue weighted by atomic mass is 15.3. The van der Waals surface area contributed by atoms with Gasteiger partial charge < -0.3 is 5.32 Å². The molecule has 1 aliphatic rings. The van der Waals surface area contributed by atoms with Crippen LogP contribution in [0, 0.1) is 0 Å². The molecule has 0 bridgehead atoms. The van der Waals surface area contributed by atoms with Crippen molar-refractivity contribution < 1.29 is 0 Å². The monoisotopic (exact) mass is 272 g/mol. The smallest absolute Gasteiger partial charge is 0.0843 e. The van der Waals surface area contributed by atoms with Crippen LogP contribution in [0.2, 0.25) is 0 Å². The molecule has 0 saturated carbocycles. The summed E-state index contributed by atoms with van der Waals surface area (Å²) in [5, 5.41) is 9.61. The number of hydrogen-bond donors (Lipinski definition) is 1. The van der Waals surface area contributed by atoms with Crippen LogP contribution in [0.1, 0.15) is 26.0 Å². The van der Waals surface area contributed by atoms with Gasteiger partial charge in [0.05, 0.1) is 11.2 Å². The predicted octanol–water partition coefficient (Wildman–Crippen LogP) is 2.24. The SMILES string of the molecule is CCn1nc(CN2CCNCCC2C)c2ccccc21. The van der Waals surface area contributed by atoms with Crippen LogP contribution in [0.15, 0.2) is 24.3 Å². The summed E-state index contributed by atoms with van der Waals surface area (Å²) in [5.41, 5.74) is 2.47. The van der Waals surface area contributed by atoms with E-state index in [4.69, 9.17) is 5.10 Å². The third-order valence-corrected chi connectivity index (χ3v) is 4.32. The minimum absolute atomic E-state index is 0.621. The molecule has 4 nitrogen and oxygen atoms in total. The van der Waals surface area contributed by atoms with Gasteiger partial charge >= 0.3 is 0 Å². The van der Waals surface area contributed by atoms with Gasteiger partial charge in [0.1, 0.15) is 0 Å². The molecule has 3 rings (SSSR count). The predicted molar refractivity (Wildman–Crippen MR) is 82.8 cm³/mol. The van der Waals surface area contributed by atoms with E-state index < -0.39 is 0 Å². The third kappa shape index (κ3) is 2.58. The fourth-order valence-corrected chi connectivity index (χ4v) is 3.04. The topological polar surface area (TPSA) is 33.1 Å². The van der Waals surface area contributed by atoms with Gasteiger partial charge in [0.25, 0.3) is 0 Å². The first-order chi connectivity index (χ1) is 9.79. The average Bonchev–Trinajstić information content (AvgIpc) is 2.70. The molecule has 108 valence electrons. The lowest BCUT2D eigenvalue weighted by Gasteiger charge is -2.25. The van der Waals surface area contributed by atoms with E-state index in [1.54, 1.807) is 0 Å². The van der Waals surface area contributed by atoms with Crippen LogP contribution in [0.4, 0.5) is 0 Å². The van der Waals surface area contributed by atoms with Gasteiger partial charge in [0, 0.05) is 37.6 Å². The quantitative estimate of drug-likeness (QED) is 0.930. The molecule has 0 radical (unpaired) electrons. The summed E-state index contributed by atoms with van der Waals surface area (Å²) < 4.78 is 2.12. The van der Waals surface area contributed by atoms with E-state index in [0.717, 1.165) is 32.7 Å². The molecule has 1 aliphatic heterocycles. The maximum absolute atomic E-state index is 4.82. The molecule has 1 saturated heterocycles. The number of para-hydroxylation sites is 1. The molecule has 1 fully saturated rings. The molecule has 4 heteroatoms. The van der Waals surface area contributed by atoms with Gasteiger partial charge in [-0.15, -0.1) is 0 Å². The lowest BCUT2D eigenvalue weighted by molar-refractivity contribution is 0.209. The van der Waals surface area contributed by atoms with Gasteiger partial charge in [-0.2, -0.15) is 5.10 Å². The van der Waals surface area contributed by atoms with Crippen LogP contribution in [-0.2, 0) is 13.1 Å². The van der Waals surface area contributed by atoms with Crippen molar-refractivity contribution in [2.75, 3.05) is 19.6 Å². The zero-order valence-electron chi connectivity index (χ0n) is 12.5. The number of aromatic nitrogens is 2. The van der Waals surface area contributed by atoms with Crippen molar-refractivity contribution in [1.29, 1.82) is 0 Å². The summed E-state index contributed by atoms with van der Waals surface area (Å²) in [7, 11) is 0. The number of aryl methyl sites for hydroxylation is 1. The summed E-state index contributed by atoms with van der Waals surface area (Å²) in [6, 6.07) is 9.20. The lowest BCUT2D eigenvalue weighted by Crippen LogP contribution is -2.34. The number of fused-ring (bicyclic) bond motifs is 1. The van der Waals surface area contributed by atoms with E-state index in [1.165, 1.54) is 23.0 Å². The van der Waals surface area contributed by atoms with Crippen molar-refractivity contribution in [3.05, 3.63) is 30.0 Å². The van der Waals surface area contributed by atoms with Gasteiger partial charge in [-0.1, -0.05) is 18.2 Å². The van der Waals surface area contributed by atoms with Gasteiger partial charge in [0.2, 0.25) is 0 Å². The number of benzene rings is 1. The van der Waals surface area contributed by atoms with Gasteiger partial charge in [0.15, 0.2) is 0 Å². The van der Waals surface area contributed by atoms with Gasteiger partial charge in [-0.05, 0) is 32.9 Å². The Morgan fingerprint density at radius 1 is 1.30 bits per heavy atom. The van der Waals surface area contributed by atoms with Crippen LogP contribution in [0.5, 0.6) is 0 Å². The number of nitrogens with zero attached hydrogens (tertiary/aromatic N) is 3. The minimum atomic E-state index is 0.621. The van der Waals surface area contributed by atoms with E-state index in [-0.39, 0.29) is 0 Å². The Hall–Kier alpha value is -1.39. The van der Waals surface area contributed by atoms with Crippen molar-refractivity contribution in [3.63, 3.8) is 0 Å². The Morgan fingerprint density at radius 2 is 2.15 bits per heavy atom. The molecule has 2 aromatic rings. The second-order valence-corrected chi connectivity index (χ2v) is 5.64. The van der Waals surface area contributed by atoms with E-state index in [2.05, 4.69) is 53.0 Å². The summed E-state index contributed by atoms with van der Waals surface area (Å²) >= 11 is 0. The Bertz CT molecular complexity index is 575. The molecule has 1 N–H and O–H groups in total. The highest BCUT2D eigenvalue weighted by Crippen LogP contribution is 2.21. The fourth-order valence-electron chi connectivity index (χ4n) is 3.04. The summed E-state index contributed by atoms with van der Waals surface area (Å²) in [6.45, 7) is 9.68. The number of nitrogens with one attached hydrogen (secondary N) is 1. The normalized spacial score (nSPS) is 21.2. The Labute approximate surface area is 120 Å². The van der Waals surface area contributed by atoms with E-state index in [1.807, 2.05) is 0 Å². The number of hydrogen-bond acceptors (Lipinski definition) is 3. The fraction of sp³-hybridized carbons (Fsp3) is 0.562. The first kappa shape index (κ1) is 13.6. The summed E-state index contributed by atoms with van der Waals surface area (Å²) in [6.07, 6.45) is 1.21. The Kier molecular flexibility index (Phi) is 4.03. The van der Waals surface area contributed by atoms with E-state index in [0.29, 0.717) is 6.04 Å². The van der Waals surface area contributed by atoms with Crippen molar-refractivity contribution in [2.45, 2.75) is 39.4 Å². The molecular formula is C16H24N4. The molecule has 0 spiro atoms. The highest BCUT2D eigenvalue weighted by molar-refractivity contribution is 5.81. The van der Waals surface area contributed by atoms with E-state index >= 15 is 0 Å². The molecule has 1 unspecified atom stereocenters. The zero-order chi connectivity index (χ0) is 13.9. The standard InChI is InChI=1S/C16H24N4/c1-3-20-16-7-5-4-6-14(16)15(18-20)12-19-11-10-17-9-8-13(19)2/h4-7,13,17H,3,8-12H2,1-2H3. The first-order valence-corrected chi connectivity index (χ1v) is 7.68. The summed E-state index contributed by atoms with van der Waals surface area (Å²) in [4.78, 5) is 2.55. The highest BCUT2D eigenvalue weighted by Gasteiger charge is 2.19. The molecule has 2 heterocycles. The lowest BCUT2D eigenvalue weighted by atomic mass is 10.1. The second-order valence-electron chi connectivity index (χ2n) is 5.64. The zero-order valence-corrected chi connectivity index (χ0v) is 12.5. The van der Waals surface area contributed by atoms with Crippen molar-refractivity contribution >= 4 is 10.9 Å². The second kappa shape index (κ2) is 5.94. The largest absolute Gasteiger partial charge is 0.315 e. The molecular weight excluding hydrogens is 248 g/mol. The number of rotatable bonds is 3. The van der Waals surface area contributed by atoms with Crippen LogP contribution in [0.3, 0.4) is 0 Å². The molecule has 20 heavy (non-hydrogen) atoms. The van der Waals surface area contributed by atoms with Gasteiger partial charge in [-0.3, -0.25) is 9.58 Å². The Morgan fingerprint density at radius 3 is 3.00 bits per heavy atom. The molecule has 0 amide bonds. The summed E-state index contributed by atoms with van der Waals surface area (Å²) in [5.74, 6) is 0. The van der Waals surface area contributed by atoms with Crippen LogP contribution < -0.4 is 5.32 Å². The van der Waals surface area contributed by atoms with Crippen molar-refractivity contribution in [3.8, 4) is 0 Å². The first-order valence-electron chi connectivity index (χ1n) is 7.68. The van der Waals surface area contributed by atoms with Crippen LogP contribution in [0.25, 0.3) is 10.9 Å². The molecule has 1 atom stereocenters. The van der Waals surface area contributed by atoms with Crippen molar-refractivity contribution in [2.24, 2.45) is 0 Å². The average molecular weight is 272 g/mol. The maximum Gasteiger partial charge on any atom is 0.0843 e. The minimum Gasteiger partial charge on any atom is -0.315 e. The van der Waals surface area contributed by atoms with Crippen molar-refractivity contribution in [1.82, 2.24) is 20.0 Å². The molecule has 0 aliphatic carbocycles. The molecule has 1 aromatic carbocycles. The van der Waals surface area contributed by atoms with Crippen LogP contribution >= 0.6 is 0 Å². The van der Waals surface area contributed by atoms with E-state index in [9.17, 15) is 0 Å².